The van der Waals surface area contributed by atoms with Gasteiger partial charge in [0.15, 0.2) is 6.04 Å². The SMILES string of the molecule is O=C(NC(C(=O)O)c1cccs1)c1ccc(Cl)nc1. The van der Waals surface area contributed by atoms with Gasteiger partial charge in [-0.1, -0.05) is 17.7 Å². The highest BCUT2D eigenvalue weighted by molar-refractivity contribution is 7.10. The highest BCUT2D eigenvalue weighted by Gasteiger charge is 2.23. The number of rotatable bonds is 4. The lowest BCUT2D eigenvalue weighted by Gasteiger charge is -2.12. The van der Waals surface area contributed by atoms with E-state index >= 15 is 0 Å². The second-order valence-corrected chi connectivity index (χ2v) is 5.00. The molecule has 2 rings (SSSR count). The molecule has 98 valence electrons. The third kappa shape index (κ3) is 3.30. The normalized spacial score (nSPS) is 11.8. The summed E-state index contributed by atoms with van der Waals surface area (Å²) in [5, 5.41) is 13.6. The molecule has 0 saturated carbocycles. The maximum absolute atomic E-state index is 11.9. The maximum Gasteiger partial charge on any atom is 0.331 e. The average molecular weight is 297 g/mol. The third-order valence-corrected chi connectivity index (χ3v) is 3.50. The van der Waals surface area contributed by atoms with Gasteiger partial charge in [0.1, 0.15) is 5.15 Å². The Kier molecular flexibility index (Phi) is 4.13. The number of aromatic nitrogens is 1. The number of halogens is 1. The third-order valence-electron chi connectivity index (χ3n) is 2.34. The first-order chi connectivity index (χ1) is 9.08. The zero-order valence-corrected chi connectivity index (χ0v) is 11.1. The van der Waals surface area contributed by atoms with E-state index in [1.165, 1.54) is 29.7 Å². The van der Waals surface area contributed by atoms with E-state index in [-0.39, 0.29) is 10.7 Å². The van der Waals surface area contributed by atoms with Crippen LogP contribution < -0.4 is 5.32 Å². The summed E-state index contributed by atoms with van der Waals surface area (Å²) in [5.41, 5.74) is 0.257. The van der Waals surface area contributed by atoms with Gasteiger partial charge in [-0.3, -0.25) is 4.79 Å². The van der Waals surface area contributed by atoms with Crippen LogP contribution in [0.15, 0.2) is 35.8 Å². The van der Waals surface area contributed by atoms with Crippen molar-refractivity contribution in [3.8, 4) is 0 Å². The Morgan fingerprint density at radius 3 is 2.68 bits per heavy atom. The highest BCUT2D eigenvalue weighted by Crippen LogP contribution is 2.19. The molecule has 0 radical (unpaired) electrons. The van der Waals surface area contributed by atoms with Crippen molar-refractivity contribution < 1.29 is 14.7 Å². The van der Waals surface area contributed by atoms with Crippen LogP contribution in [0.25, 0.3) is 0 Å². The largest absolute Gasteiger partial charge is 0.479 e. The molecule has 0 saturated heterocycles. The van der Waals surface area contributed by atoms with Gasteiger partial charge in [-0.15, -0.1) is 11.3 Å². The minimum absolute atomic E-state index is 0.257. The van der Waals surface area contributed by atoms with Crippen molar-refractivity contribution in [1.82, 2.24) is 10.3 Å². The molecule has 0 aliphatic rings. The Bertz CT molecular complexity index is 584. The Morgan fingerprint density at radius 2 is 2.16 bits per heavy atom. The molecule has 19 heavy (non-hydrogen) atoms. The van der Waals surface area contributed by atoms with E-state index in [4.69, 9.17) is 16.7 Å². The van der Waals surface area contributed by atoms with Gasteiger partial charge in [0.05, 0.1) is 5.56 Å². The molecular weight excluding hydrogens is 288 g/mol. The summed E-state index contributed by atoms with van der Waals surface area (Å²) in [6, 6.07) is 5.27. The van der Waals surface area contributed by atoms with Gasteiger partial charge in [0.25, 0.3) is 5.91 Å². The predicted octanol–water partition coefficient (Wildman–Crippen LogP) is 2.35. The number of thiophene rings is 1. The van der Waals surface area contributed by atoms with Crippen molar-refractivity contribution in [3.63, 3.8) is 0 Å². The predicted molar refractivity (Wildman–Crippen MR) is 71.4 cm³/mol. The number of carbonyl (C=O) groups excluding carboxylic acids is 1. The molecule has 0 aliphatic heterocycles. The van der Waals surface area contributed by atoms with Crippen LogP contribution >= 0.6 is 22.9 Å². The number of nitrogens with one attached hydrogen (secondary N) is 1. The Hall–Kier alpha value is -1.92. The number of pyridine rings is 1. The van der Waals surface area contributed by atoms with Gasteiger partial charge in [0, 0.05) is 11.1 Å². The summed E-state index contributed by atoms with van der Waals surface area (Å²) in [6.07, 6.45) is 1.30. The van der Waals surface area contributed by atoms with Gasteiger partial charge < -0.3 is 10.4 Å². The highest BCUT2D eigenvalue weighted by atomic mass is 35.5. The lowest BCUT2D eigenvalue weighted by molar-refractivity contribution is -0.139. The minimum Gasteiger partial charge on any atom is -0.479 e. The van der Waals surface area contributed by atoms with Gasteiger partial charge in [0.2, 0.25) is 0 Å². The number of amides is 1. The average Bonchev–Trinajstić information content (AvgIpc) is 2.89. The zero-order valence-electron chi connectivity index (χ0n) is 9.54. The molecule has 1 atom stereocenters. The van der Waals surface area contributed by atoms with Crippen LogP contribution in [0.2, 0.25) is 5.15 Å². The molecule has 0 spiro atoms. The fourth-order valence-electron chi connectivity index (χ4n) is 1.43. The lowest BCUT2D eigenvalue weighted by Crippen LogP contribution is -2.33. The lowest BCUT2D eigenvalue weighted by atomic mass is 10.2. The quantitative estimate of drug-likeness (QED) is 0.849. The molecule has 1 amide bonds. The maximum atomic E-state index is 11.9. The summed E-state index contributed by atoms with van der Waals surface area (Å²) in [4.78, 5) is 27.4. The van der Waals surface area contributed by atoms with Crippen LogP contribution in [-0.4, -0.2) is 22.0 Å². The summed E-state index contributed by atoms with van der Waals surface area (Å²) >= 11 is 6.89. The van der Waals surface area contributed by atoms with Crippen molar-refractivity contribution in [2.24, 2.45) is 0 Å². The second kappa shape index (κ2) is 5.81. The van der Waals surface area contributed by atoms with E-state index in [0.29, 0.717) is 4.88 Å². The molecule has 5 nitrogen and oxygen atoms in total. The van der Waals surface area contributed by atoms with Crippen LogP contribution in [0, 0.1) is 0 Å². The van der Waals surface area contributed by atoms with Crippen molar-refractivity contribution >= 4 is 34.8 Å². The molecule has 0 fully saturated rings. The van der Waals surface area contributed by atoms with Crippen LogP contribution in [0.1, 0.15) is 21.3 Å². The van der Waals surface area contributed by atoms with Crippen molar-refractivity contribution in [2.45, 2.75) is 6.04 Å². The van der Waals surface area contributed by atoms with Crippen LogP contribution in [0.5, 0.6) is 0 Å². The summed E-state index contributed by atoms with van der Waals surface area (Å²) < 4.78 is 0. The molecule has 0 bridgehead atoms. The van der Waals surface area contributed by atoms with Gasteiger partial charge in [-0.2, -0.15) is 0 Å². The fraction of sp³-hybridized carbons (Fsp3) is 0.0833. The van der Waals surface area contributed by atoms with E-state index in [0.717, 1.165) is 0 Å². The Labute approximate surface area is 117 Å². The number of hydrogen-bond acceptors (Lipinski definition) is 4. The molecule has 0 aliphatic carbocycles. The second-order valence-electron chi connectivity index (χ2n) is 3.63. The van der Waals surface area contributed by atoms with Gasteiger partial charge in [-0.25, -0.2) is 9.78 Å². The zero-order chi connectivity index (χ0) is 13.8. The van der Waals surface area contributed by atoms with Crippen LogP contribution in [0.3, 0.4) is 0 Å². The van der Waals surface area contributed by atoms with Crippen molar-refractivity contribution in [2.75, 3.05) is 0 Å². The first kappa shape index (κ1) is 13.5. The number of aliphatic carboxylic acids is 1. The first-order valence-corrected chi connectivity index (χ1v) is 6.52. The number of carboxylic acid groups (broad SMARTS) is 1. The number of carbonyl (C=O) groups is 2. The van der Waals surface area contributed by atoms with Crippen LogP contribution in [-0.2, 0) is 4.79 Å². The monoisotopic (exact) mass is 296 g/mol. The van der Waals surface area contributed by atoms with E-state index in [9.17, 15) is 9.59 Å². The summed E-state index contributed by atoms with van der Waals surface area (Å²) in [6.45, 7) is 0. The molecule has 1 unspecified atom stereocenters. The van der Waals surface area contributed by atoms with Crippen molar-refractivity contribution in [1.29, 1.82) is 0 Å². The number of nitrogens with zero attached hydrogens (tertiary/aromatic N) is 1. The topological polar surface area (TPSA) is 79.3 Å². The summed E-state index contributed by atoms with van der Waals surface area (Å²) in [5.74, 6) is -1.62. The van der Waals surface area contributed by atoms with Gasteiger partial charge in [-0.05, 0) is 23.6 Å². The number of hydrogen-bond donors (Lipinski definition) is 2. The molecule has 0 aromatic carbocycles. The van der Waals surface area contributed by atoms with Gasteiger partial charge >= 0.3 is 5.97 Å². The van der Waals surface area contributed by atoms with E-state index in [1.807, 2.05) is 0 Å². The molecule has 2 aromatic rings. The molecule has 2 aromatic heterocycles. The standard InChI is InChI=1S/C12H9ClN2O3S/c13-9-4-3-7(6-14-9)11(16)15-10(12(17)18)8-2-1-5-19-8/h1-6,10H,(H,15,16)(H,17,18). The fourth-order valence-corrected chi connectivity index (χ4v) is 2.31. The Morgan fingerprint density at radius 1 is 1.37 bits per heavy atom. The van der Waals surface area contributed by atoms with E-state index < -0.39 is 17.9 Å². The van der Waals surface area contributed by atoms with E-state index in [1.54, 1.807) is 17.5 Å². The molecule has 2 N–H and O–H groups in total. The van der Waals surface area contributed by atoms with E-state index in [2.05, 4.69) is 10.3 Å². The molecular formula is C12H9ClN2O3S. The molecule has 2 heterocycles. The Balaban J connectivity index is 2.16. The smallest absolute Gasteiger partial charge is 0.331 e. The summed E-state index contributed by atoms with van der Waals surface area (Å²) in [7, 11) is 0. The van der Waals surface area contributed by atoms with Crippen LogP contribution in [0.4, 0.5) is 0 Å². The van der Waals surface area contributed by atoms with Crippen molar-refractivity contribution in [3.05, 3.63) is 51.4 Å². The first-order valence-electron chi connectivity index (χ1n) is 5.26. The molecule has 7 heteroatoms. The number of carboxylic acids is 1. The minimum atomic E-state index is -1.11.